The van der Waals surface area contributed by atoms with Crippen LogP contribution in [-0.2, 0) is 17.3 Å². The number of aryl methyl sites for hydroxylation is 2. The number of hydrogen-bond acceptors (Lipinski definition) is 7. The maximum absolute atomic E-state index is 12.3. The van der Waals surface area contributed by atoms with Crippen molar-refractivity contribution in [1.29, 1.82) is 0 Å². The molecule has 204 valence electrons. The van der Waals surface area contributed by atoms with Crippen LogP contribution in [0.4, 0.5) is 4.79 Å². The van der Waals surface area contributed by atoms with Gasteiger partial charge in [0.05, 0.1) is 16.7 Å². The van der Waals surface area contributed by atoms with E-state index in [1.54, 1.807) is 22.9 Å². The lowest BCUT2D eigenvalue weighted by Gasteiger charge is -2.47. The van der Waals surface area contributed by atoms with Crippen LogP contribution >= 0.6 is 0 Å². The summed E-state index contributed by atoms with van der Waals surface area (Å²) in [5, 5.41) is 20.1. The maximum Gasteiger partial charge on any atom is 0.408 e. The van der Waals surface area contributed by atoms with Crippen LogP contribution in [0.5, 0.6) is 5.75 Å². The summed E-state index contributed by atoms with van der Waals surface area (Å²) in [4.78, 5) is 23.7. The molecular formula is C29H34N6O4. The van der Waals surface area contributed by atoms with Gasteiger partial charge in [-0.1, -0.05) is 0 Å². The van der Waals surface area contributed by atoms with Crippen molar-refractivity contribution in [3.63, 3.8) is 0 Å². The third kappa shape index (κ3) is 4.28. The van der Waals surface area contributed by atoms with Gasteiger partial charge in [0.2, 0.25) is 0 Å². The number of aromatic nitrogens is 4. The standard InChI is InChI=1S/C29H34N6O4/c1-16-11-30-14-29(3,35(16)28(36)37)20-9-22-21(18-6-7-18)10-24(32-27(22)31-12-20)23-8-19-13-34(4)33-25(19)17(2)26(23)39-15-38-5/h8-10,12-13,16,18,30H,6-7,11,14-15H2,1-5H3,(H,36,37). The fourth-order valence-corrected chi connectivity index (χ4v) is 6.05. The molecule has 10 heteroatoms. The van der Waals surface area contributed by atoms with E-state index in [9.17, 15) is 9.90 Å². The van der Waals surface area contributed by atoms with Gasteiger partial charge >= 0.3 is 6.09 Å². The zero-order chi connectivity index (χ0) is 27.5. The molecule has 39 heavy (non-hydrogen) atoms. The van der Waals surface area contributed by atoms with Gasteiger partial charge in [-0.3, -0.25) is 9.58 Å². The summed E-state index contributed by atoms with van der Waals surface area (Å²) >= 11 is 0. The molecule has 1 aliphatic carbocycles. The molecule has 3 aromatic heterocycles. The predicted octanol–water partition coefficient (Wildman–Crippen LogP) is 4.54. The van der Waals surface area contributed by atoms with Crippen LogP contribution in [0.2, 0.25) is 0 Å². The summed E-state index contributed by atoms with van der Waals surface area (Å²) in [6.07, 6.45) is 5.06. The van der Waals surface area contributed by atoms with Crippen LogP contribution in [0.1, 0.15) is 49.3 Å². The number of carboxylic acid groups (broad SMARTS) is 1. The lowest BCUT2D eigenvalue weighted by Crippen LogP contribution is -2.63. The molecular weight excluding hydrogens is 496 g/mol. The molecule has 2 unspecified atom stereocenters. The monoisotopic (exact) mass is 530 g/mol. The highest BCUT2D eigenvalue weighted by Gasteiger charge is 2.43. The Bertz CT molecular complexity index is 1600. The summed E-state index contributed by atoms with van der Waals surface area (Å²) in [7, 11) is 3.51. The van der Waals surface area contributed by atoms with Gasteiger partial charge in [0.1, 0.15) is 5.75 Å². The number of amides is 1. The highest BCUT2D eigenvalue weighted by atomic mass is 16.7. The first kappa shape index (κ1) is 25.5. The molecule has 1 saturated carbocycles. The number of nitrogens with one attached hydrogen (secondary N) is 1. The van der Waals surface area contributed by atoms with E-state index in [1.807, 2.05) is 34.0 Å². The zero-order valence-corrected chi connectivity index (χ0v) is 23.0. The van der Waals surface area contributed by atoms with Gasteiger partial charge in [0.15, 0.2) is 12.4 Å². The fraction of sp³-hybridized carbons (Fsp3) is 0.448. The second-order valence-electron chi connectivity index (χ2n) is 11.0. The summed E-state index contributed by atoms with van der Waals surface area (Å²) in [5.41, 5.74) is 5.42. The Morgan fingerprint density at radius 2 is 2.08 bits per heavy atom. The average Bonchev–Trinajstić information content (AvgIpc) is 3.67. The summed E-state index contributed by atoms with van der Waals surface area (Å²) in [6, 6.07) is 6.17. The van der Waals surface area contributed by atoms with Gasteiger partial charge in [-0.25, -0.2) is 14.8 Å². The van der Waals surface area contributed by atoms with Crippen molar-refractivity contribution in [2.45, 2.75) is 51.1 Å². The minimum atomic E-state index is -0.924. The van der Waals surface area contributed by atoms with E-state index in [1.165, 1.54) is 5.56 Å². The van der Waals surface area contributed by atoms with Crippen molar-refractivity contribution in [2.24, 2.45) is 7.05 Å². The Morgan fingerprint density at radius 3 is 2.79 bits per heavy atom. The number of piperazine rings is 1. The van der Waals surface area contributed by atoms with Gasteiger partial charge in [-0.05, 0) is 68.9 Å². The molecule has 2 N–H and O–H groups in total. The molecule has 1 aromatic carbocycles. The third-order valence-electron chi connectivity index (χ3n) is 8.12. The number of methoxy groups -OCH3 is 1. The first-order chi connectivity index (χ1) is 18.7. The molecule has 0 spiro atoms. The van der Waals surface area contributed by atoms with Crippen LogP contribution in [0, 0.1) is 6.92 Å². The Labute approximate surface area is 226 Å². The highest BCUT2D eigenvalue weighted by molar-refractivity contribution is 5.92. The maximum atomic E-state index is 12.3. The molecule has 2 aliphatic rings. The molecule has 0 bridgehead atoms. The SMILES string of the molecule is COCOc1c(-c2cc(C3CC3)c3cc(C4(C)CNCC(C)N4C(=O)O)cnc3n2)cc2cn(C)nc2c1C. The highest BCUT2D eigenvalue weighted by Crippen LogP contribution is 2.46. The molecule has 0 radical (unpaired) electrons. The van der Waals surface area contributed by atoms with Gasteiger partial charge in [0, 0.05) is 67.6 Å². The number of nitrogens with zero attached hydrogens (tertiary/aromatic N) is 5. The van der Waals surface area contributed by atoms with Gasteiger partial charge in [-0.2, -0.15) is 5.10 Å². The van der Waals surface area contributed by atoms with Crippen LogP contribution in [-0.4, -0.2) is 68.9 Å². The molecule has 2 fully saturated rings. The fourth-order valence-electron chi connectivity index (χ4n) is 6.05. The van der Waals surface area contributed by atoms with Crippen molar-refractivity contribution in [3.05, 3.63) is 47.3 Å². The number of carbonyl (C=O) groups is 1. The zero-order valence-electron chi connectivity index (χ0n) is 23.0. The molecule has 4 heterocycles. The molecule has 1 amide bonds. The molecule has 10 nitrogen and oxygen atoms in total. The minimum Gasteiger partial charge on any atom is -0.466 e. The smallest absolute Gasteiger partial charge is 0.408 e. The van der Waals surface area contributed by atoms with Gasteiger partial charge < -0.3 is 19.9 Å². The van der Waals surface area contributed by atoms with Crippen LogP contribution in [0.25, 0.3) is 33.2 Å². The Balaban J connectivity index is 1.53. The van der Waals surface area contributed by atoms with Crippen molar-refractivity contribution in [3.8, 4) is 17.0 Å². The van der Waals surface area contributed by atoms with E-state index in [2.05, 4.69) is 28.6 Å². The van der Waals surface area contributed by atoms with E-state index in [0.29, 0.717) is 30.4 Å². The number of ether oxygens (including phenoxy) is 2. The number of pyridine rings is 2. The summed E-state index contributed by atoms with van der Waals surface area (Å²) < 4.78 is 13.1. The Kier molecular flexibility index (Phi) is 6.19. The lowest BCUT2D eigenvalue weighted by molar-refractivity contribution is 0.0344. The quantitative estimate of drug-likeness (QED) is 0.349. The van der Waals surface area contributed by atoms with Crippen LogP contribution in [0.15, 0.2) is 30.6 Å². The van der Waals surface area contributed by atoms with Crippen molar-refractivity contribution >= 4 is 28.0 Å². The normalized spacial score (nSPS) is 21.6. The first-order valence-electron chi connectivity index (χ1n) is 13.3. The largest absolute Gasteiger partial charge is 0.466 e. The molecule has 2 atom stereocenters. The lowest BCUT2D eigenvalue weighted by atomic mass is 9.86. The molecule has 1 saturated heterocycles. The number of hydrogen-bond donors (Lipinski definition) is 2. The topological polar surface area (TPSA) is 115 Å². The first-order valence-corrected chi connectivity index (χ1v) is 13.3. The van der Waals surface area contributed by atoms with E-state index in [0.717, 1.165) is 51.5 Å². The second-order valence-corrected chi connectivity index (χ2v) is 11.0. The van der Waals surface area contributed by atoms with E-state index in [-0.39, 0.29) is 12.8 Å². The molecule has 4 aromatic rings. The minimum absolute atomic E-state index is 0.113. The summed E-state index contributed by atoms with van der Waals surface area (Å²) in [6.45, 7) is 7.16. The molecule has 6 rings (SSSR count). The number of benzene rings is 1. The van der Waals surface area contributed by atoms with Crippen LogP contribution < -0.4 is 10.1 Å². The molecule has 1 aliphatic heterocycles. The Morgan fingerprint density at radius 1 is 1.28 bits per heavy atom. The van der Waals surface area contributed by atoms with E-state index < -0.39 is 11.6 Å². The second kappa shape index (κ2) is 9.46. The van der Waals surface area contributed by atoms with Crippen molar-refractivity contribution in [1.82, 2.24) is 30.0 Å². The predicted molar refractivity (Wildman–Crippen MR) is 148 cm³/mol. The van der Waals surface area contributed by atoms with E-state index in [4.69, 9.17) is 19.4 Å². The van der Waals surface area contributed by atoms with Gasteiger partial charge in [-0.15, -0.1) is 0 Å². The van der Waals surface area contributed by atoms with E-state index >= 15 is 0 Å². The number of rotatable bonds is 6. The van der Waals surface area contributed by atoms with Gasteiger partial charge in [0.25, 0.3) is 0 Å². The Hall–Kier alpha value is -3.76. The average molecular weight is 531 g/mol. The number of fused-ring (bicyclic) bond motifs is 2. The van der Waals surface area contributed by atoms with Crippen LogP contribution in [0.3, 0.4) is 0 Å². The van der Waals surface area contributed by atoms with Crippen molar-refractivity contribution in [2.75, 3.05) is 27.0 Å². The summed E-state index contributed by atoms with van der Waals surface area (Å²) in [5.74, 6) is 1.12. The third-order valence-corrected chi connectivity index (χ3v) is 8.12. The van der Waals surface area contributed by atoms with Crippen molar-refractivity contribution < 1.29 is 19.4 Å².